The number of anilines is 1. The van der Waals surface area contributed by atoms with Crippen molar-refractivity contribution >= 4 is 23.4 Å². The molecule has 4 rings (SSSR count). The second-order valence-corrected chi connectivity index (χ2v) is 10.6. The summed E-state index contributed by atoms with van der Waals surface area (Å²) in [6.07, 6.45) is 3.68. The Kier molecular flexibility index (Phi) is 9.05. The zero-order chi connectivity index (χ0) is 27.2. The molecular formula is C30H39N3O5. The van der Waals surface area contributed by atoms with E-state index in [1.807, 2.05) is 49.1 Å². The Hall–Kier alpha value is -3.39. The van der Waals surface area contributed by atoms with Crippen molar-refractivity contribution in [3.8, 4) is 5.75 Å². The first-order valence-corrected chi connectivity index (χ1v) is 13.5. The van der Waals surface area contributed by atoms with Crippen molar-refractivity contribution in [1.82, 2.24) is 9.80 Å². The number of nitrogens with zero attached hydrogens (tertiary/aromatic N) is 2. The average molecular weight is 522 g/mol. The molecule has 2 aromatic carbocycles. The van der Waals surface area contributed by atoms with E-state index in [0.717, 1.165) is 25.7 Å². The molecule has 1 saturated carbocycles. The highest BCUT2D eigenvalue weighted by atomic mass is 16.5. The number of carbonyl (C=O) groups excluding carboxylic acids is 3. The van der Waals surface area contributed by atoms with Crippen molar-refractivity contribution in [2.45, 2.75) is 51.7 Å². The Morgan fingerprint density at radius 2 is 1.74 bits per heavy atom. The molecule has 2 aromatic rings. The predicted octanol–water partition coefficient (Wildman–Crippen LogP) is 4.46. The van der Waals surface area contributed by atoms with Gasteiger partial charge in [0.15, 0.2) is 0 Å². The number of carbonyl (C=O) groups is 3. The molecule has 1 fully saturated rings. The summed E-state index contributed by atoms with van der Waals surface area (Å²) >= 11 is 0. The van der Waals surface area contributed by atoms with E-state index in [1.165, 1.54) is 0 Å². The van der Waals surface area contributed by atoms with Crippen LogP contribution in [0.15, 0.2) is 48.5 Å². The fraction of sp³-hybridized carbons (Fsp3) is 0.500. The van der Waals surface area contributed by atoms with Gasteiger partial charge in [-0.1, -0.05) is 38.0 Å². The van der Waals surface area contributed by atoms with Gasteiger partial charge in [-0.15, -0.1) is 0 Å². The fourth-order valence-corrected chi connectivity index (χ4v) is 5.31. The van der Waals surface area contributed by atoms with Gasteiger partial charge in [-0.3, -0.25) is 14.4 Å². The van der Waals surface area contributed by atoms with Crippen molar-refractivity contribution in [3.63, 3.8) is 0 Å². The molecular weight excluding hydrogens is 482 g/mol. The van der Waals surface area contributed by atoms with Gasteiger partial charge in [-0.05, 0) is 44.0 Å². The van der Waals surface area contributed by atoms with Gasteiger partial charge in [-0.25, -0.2) is 0 Å². The molecule has 1 heterocycles. The molecule has 3 amide bonds. The number of hydrogen-bond donors (Lipinski definition) is 1. The molecule has 1 aliphatic heterocycles. The molecule has 38 heavy (non-hydrogen) atoms. The summed E-state index contributed by atoms with van der Waals surface area (Å²) in [6.45, 7) is 4.97. The van der Waals surface area contributed by atoms with Gasteiger partial charge in [0.25, 0.3) is 11.8 Å². The Morgan fingerprint density at radius 1 is 1.03 bits per heavy atom. The zero-order valence-electron chi connectivity index (χ0n) is 22.8. The summed E-state index contributed by atoms with van der Waals surface area (Å²) in [6, 6.07) is 14.1. The number of hydrogen-bond acceptors (Lipinski definition) is 5. The van der Waals surface area contributed by atoms with E-state index < -0.39 is 0 Å². The molecule has 0 unspecified atom stereocenters. The van der Waals surface area contributed by atoms with E-state index in [0.29, 0.717) is 35.7 Å². The minimum atomic E-state index is -0.278. The van der Waals surface area contributed by atoms with Crippen LogP contribution in [-0.4, -0.2) is 73.5 Å². The third-order valence-electron chi connectivity index (χ3n) is 7.72. The maximum Gasteiger partial charge on any atom is 0.257 e. The minimum absolute atomic E-state index is 0.00368. The van der Waals surface area contributed by atoms with E-state index in [-0.39, 0.29) is 48.3 Å². The topological polar surface area (TPSA) is 88.2 Å². The van der Waals surface area contributed by atoms with Crippen LogP contribution in [0.1, 0.15) is 60.2 Å². The first-order chi connectivity index (χ1) is 18.3. The lowest BCUT2D eigenvalue weighted by Crippen LogP contribution is -2.48. The summed E-state index contributed by atoms with van der Waals surface area (Å²) in [5, 5.41) is 3.00. The molecule has 204 valence electrons. The number of fused-ring (bicyclic) bond motifs is 1. The lowest BCUT2D eigenvalue weighted by molar-refractivity contribution is -0.119. The molecule has 2 aliphatic rings. The minimum Gasteiger partial charge on any atom is -0.491 e. The maximum atomic E-state index is 13.5. The predicted molar refractivity (Wildman–Crippen MR) is 146 cm³/mol. The molecule has 0 spiro atoms. The zero-order valence-corrected chi connectivity index (χ0v) is 22.8. The lowest BCUT2D eigenvalue weighted by atomic mass is 10.0. The summed E-state index contributed by atoms with van der Waals surface area (Å²) in [4.78, 5) is 43.2. The van der Waals surface area contributed by atoms with Gasteiger partial charge < -0.3 is 24.6 Å². The Labute approximate surface area is 225 Å². The fourth-order valence-electron chi connectivity index (χ4n) is 5.31. The second kappa shape index (κ2) is 12.4. The number of ether oxygens (including phenoxy) is 2. The summed E-state index contributed by atoms with van der Waals surface area (Å²) in [5.41, 5.74) is 1.61. The van der Waals surface area contributed by atoms with Gasteiger partial charge in [0.1, 0.15) is 12.4 Å². The van der Waals surface area contributed by atoms with Crippen LogP contribution in [0.2, 0.25) is 0 Å². The van der Waals surface area contributed by atoms with E-state index >= 15 is 0 Å². The van der Waals surface area contributed by atoms with Crippen molar-refractivity contribution in [2.75, 3.05) is 39.2 Å². The third-order valence-corrected chi connectivity index (χ3v) is 7.72. The quantitative estimate of drug-likeness (QED) is 0.642. The van der Waals surface area contributed by atoms with Gasteiger partial charge in [0, 0.05) is 56.4 Å². The van der Waals surface area contributed by atoms with Crippen LogP contribution in [0, 0.1) is 11.8 Å². The highest BCUT2D eigenvalue weighted by molar-refractivity contribution is 5.99. The van der Waals surface area contributed by atoms with Crippen LogP contribution >= 0.6 is 0 Å². The molecule has 8 heteroatoms. The highest BCUT2D eigenvalue weighted by Crippen LogP contribution is 2.29. The summed E-state index contributed by atoms with van der Waals surface area (Å²) in [7, 11) is 3.37. The smallest absolute Gasteiger partial charge is 0.257 e. The van der Waals surface area contributed by atoms with Crippen LogP contribution in [-0.2, 0) is 9.53 Å². The van der Waals surface area contributed by atoms with E-state index in [1.54, 1.807) is 37.3 Å². The first-order valence-electron chi connectivity index (χ1n) is 13.5. The van der Waals surface area contributed by atoms with Crippen LogP contribution < -0.4 is 10.1 Å². The molecule has 3 atom stereocenters. The molecule has 0 radical (unpaired) electrons. The van der Waals surface area contributed by atoms with Gasteiger partial charge in [0.2, 0.25) is 5.91 Å². The second-order valence-electron chi connectivity index (χ2n) is 10.6. The number of benzene rings is 2. The number of methoxy groups -OCH3 is 1. The van der Waals surface area contributed by atoms with Crippen LogP contribution in [0.25, 0.3) is 0 Å². The SMILES string of the molecule is CO[C@@H]1CN(C)C(=O)c2ccc(NC(=O)C3CCCC3)cc2OC[C@@H](C)N(C(=O)c2ccccc2)C[C@H]1C. The number of nitrogens with one attached hydrogen (secondary N) is 1. The van der Waals surface area contributed by atoms with Gasteiger partial charge in [-0.2, -0.15) is 0 Å². The number of rotatable bonds is 4. The molecule has 1 N–H and O–H groups in total. The number of amides is 3. The Balaban J connectivity index is 1.64. The first kappa shape index (κ1) is 27.6. The molecule has 0 saturated heterocycles. The molecule has 1 aliphatic carbocycles. The molecule has 8 nitrogen and oxygen atoms in total. The lowest BCUT2D eigenvalue weighted by Gasteiger charge is -2.36. The maximum absolute atomic E-state index is 13.5. The van der Waals surface area contributed by atoms with Crippen molar-refractivity contribution in [2.24, 2.45) is 11.8 Å². The van der Waals surface area contributed by atoms with E-state index in [4.69, 9.17) is 9.47 Å². The average Bonchev–Trinajstić information content (AvgIpc) is 3.48. The standard InChI is InChI=1S/C30H39N3O5/c1-20-17-33(29(35)23-12-6-5-7-13-23)21(2)19-38-26-16-24(31-28(34)22-10-8-9-11-22)14-15-25(26)30(36)32(3)18-27(20)37-4/h5-7,12-16,20-22,27H,8-11,17-19H2,1-4H3,(H,31,34)/t20-,21-,27-/m1/s1. The number of likely N-dealkylation sites (N-methyl/N-ethyl adjacent to an activating group) is 1. The van der Waals surface area contributed by atoms with E-state index in [2.05, 4.69) is 5.32 Å². The summed E-state index contributed by atoms with van der Waals surface area (Å²) < 4.78 is 12.0. The van der Waals surface area contributed by atoms with Crippen LogP contribution in [0.4, 0.5) is 5.69 Å². The molecule has 0 bridgehead atoms. The Bertz CT molecular complexity index is 1130. The van der Waals surface area contributed by atoms with Gasteiger partial charge in [0.05, 0.1) is 17.7 Å². The molecule has 0 aromatic heterocycles. The van der Waals surface area contributed by atoms with Crippen molar-refractivity contribution in [3.05, 3.63) is 59.7 Å². The summed E-state index contributed by atoms with van der Waals surface area (Å²) in [5.74, 6) is 0.111. The van der Waals surface area contributed by atoms with Crippen molar-refractivity contribution < 1.29 is 23.9 Å². The van der Waals surface area contributed by atoms with Crippen molar-refractivity contribution in [1.29, 1.82) is 0 Å². The van der Waals surface area contributed by atoms with E-state index in [9.17, 15) is 14.4 Å². The van der Waals surface area contributed by atoms with Crippen LogP contribution in [0.3, 0.4) is 0 Å². The highest BCUT2D eigenvalue weighted by Gasteiger charge is 2.31. The normalized spacial score (nSPS) is 23.2. The third kappa shape index (κ3) is 6.35. The largest absolute Gasteiger partial charge is 0.491 e. The van der Waals surface area contributed by atoms with Gasteiger partial charge >= 0.3 is 0 Å². The Morgan fingerprint density at radius 3 is 2.42 bits per heavy atom. The monoisotopic (exact) mass is 521 g/mol. The van der Waals surface area contributed by atoms with Crippen LogP contribution in [0.5, 0.6) is 5.75 Å².